The molecule has 20 heavy (non-hydrogen) atoms. The Kier molecular flexibility index (Phi) is 8.26. The van der Waals surface area contributed by atoms with Crippen LogP contribution in [0.1, 0.15) is 43.5 Å². The maximum Gasteiger partial charge on any atom is 0.190 e. The molecule has 1 rings (SSSR count). The summed E-state index contributed by atoms with van der Waals surface area (Å²) in [6, 6.07) is 0. The van der Waals surface area contributed by atoms with Gasteiger partial charge in [0.05, 0.1) is 5.01 Å². The molecule has 1 heterocycles. The highest BCUT2D eigenvalue weighted by Gasteiger charge is 2.02. The number of hydrogen-bond donors (Lipinski definition) is 2. The normalized spacial score (nSPS) is 11.9. The molecule has 0 saturated heterocycles. The molecule has 0 saturated carbocycles. The lowest BCUT2D eigenvalue weighted by Gasteiger charge is -2.11. The van der Waals surface area contributed by atoms with Crippen molar-refractivity contribution < 1.29 is 0 Å². The zero-order valence-corrected chi connectivity index (χ0v) is 14.0. The molecule has 0 amide bonds. The molecule has 1 aromatic rings. The van der Waals surface area contributed by atoms with E-state index in [9.17, 15) is 0 Å². The van der Waals surface area contributed by atoms with Crippen LogP contribution in [0.3, 0.4) is 0 Å². The third-order valence-electron chi connectivity index (χ3n) is 3.06. The van der Waals surface area contributed by atoms with Crippen molar-refractivity contribution in [3.8, 4) is 0 Å². The van der Waals surface area contributed by atoms with Gasteiger partial charge in [-0.05, 0) is 25.2 Å². The lowest BCUT2D eigenvalue weighted by molar-refractivity contribution is 0.549. The quantitative estimate of drug-likeness (QED) is 0.440. The first-order valence-electron chi connectivity index (χ1n) is 7.53. The lowest BCUT2D eigenvalue weighted by atomic mass is 10.1. The summed E-state index contributed by atoms with van der Waals surface area (Å²) in [5.41, 5.74) is 0. The van der Waals surface area contributed by atoms with Gasteiger partial charge in [-0.15, -0.1) is 11.3 Å². The summed E-state index contributed by atoms with van der Waals surface area (Å²) in [5.74, 6) is 1.66. The highest BCUT2D eigenvalue weighted by molar-refractivity contribution is 7.11. The molecular formula is C15H28N4S. The molecule has 2 N–H and O–H groups in total. The Morgan fingerprint density at radius 2 is 2.10 bits per heavy atom. The highest BCUT2D eigenvalue weighted by atomic mass is 32.1. The maximum absolute atomic E-state index is 4.42. The average molecular weight is 296 g/mol. The highest BCUT2D eigenvalue weighted by Crippen LogP contribution is 2.13. The Balaban J connectivity index is 2.18. The number of nitrogens with zero attached hydrogens (tertiary/aromatic N) is 2. The summed E-state index contributed by atoms with van der Waals surface area (Å²) in [5, 5.41) is 7.89. The van der Waals surface area contributed by atoms with Crippen LogP contribution in [0.2, 0.25) is 0 Å². The molecule has 0 aromatic carbocycles. The molecule has 0 atom stereocenters. The van der Waals surface area contributed by atoms with Gasteiger partial charge in [-0.1, -0.05) is 20.8 Å². The van der Waals surface area contributed by atoms with Crippen molar-refractivity contribution in [2.24, 2.45) is 10.9 Å². The van der Waals surface area contributed by atoms with Gasteiger partial charge in [-0.3, -0.25) is 4.99 Å². The van der Waals surface area contributed by atoms with Gasteiger partial charge in [0, 0.05) is 37.6 Å². The van der Waals surface area contributed by atoms with Crippen LogP contribution in [-0.4, -0.2) is 31.1 Å². The summed E-state index contributed by atoms with van der Waals surface area (Å²) in [6.45, 7) is 8.53. The largest absolute Gasteiger partial charge is 0.356 e. The Morgan fingerprint density at radius 1 is 1.35 bits per heavy atom. The molecule has 5 heteroatoms. The van der Waals surface area contributed by atoms with Gasteiger partial charge in [0.1, 0.15) is 0 Å². The second kappa shape index (κ2) is 9.75. The smallest absolute Gasteiger partial charge is 0.190 e. The van der Waals surface area contributed by atoms with Gasteiger partial charge in [0.15, 0.2) is 5.96 Å². The molecule has 0 aliphatic carbocycles. The molecule has 0 spiro atoms. The second-order valence-corrected chi connectivity index (χ2v) is 6.49. The molecule has 114 valence electrons. The summed E-state index contributed by atoms with van der Waals surface area (Å²) >= 11 is 1.81. The molecule has 0 bridgehead atoms. The van der Waals surface area contributed by atoms with E-state index in [4.69, 9.17) is 0 Å². The molecule has 0 unspecified atom stereocenters. The SMILES string of the molecule is CCc1cnc(CCNC(=NC)NCCCC(C)C)s1. The van der Waals surface area contributed by atoms with Crippen LogP contribution < -0.4 is 10.6 Å². The molecule has 0 aliphatic heterocycles. The van der Waals surface area contributed by atoms with Crippen molar-refractivity contribution in [1.29, 1.82) is 0 Å². The van der Waals surface area contributed by atoms with E-state index >= 15 is 0 Å². The van der Waals surface area contributed by atoms with E-state index in [2.05, 4.69) is 41.4 Å². The van der Waals surface area contributed by atoms with E-state index in [1.807, 2.05) is 13.2 Å². The molecule has 0 aliphatic rings. The number of rotatable bonds is 8. The molecule has 0 radical (unpaired) electrons. The van der Waals surface area contributed by atoms with E-state index in [0.29, 0.717) is 0 Å². The van der Waals surface area contributed by atoms with Crippen molar-refractivity contribution >= 4 is 17.3 Å². The average Bonchev–Trinajstić information content (AvgIpc) is 2.89. The van der Waals surface area contributed by atoms with E-state index in [1.54, 1.807) is 11.3 Å². The van der Waals surface area contributed by atoms with Crippen molar-refractivity contribution in [3.63, 3.8) is 0 Å². The fourth-order valence-electron chi connectivity index (χ4n) is 1.85. The fraction of sp³-hybridized carbons (Fsp3) is 0.733. The minimum Gasteiger partial charge on any atom is -0.356 e. The van der Waals surface area contributed by atoms with Crippen LogP contribution in [0.5, 0.6) is 0 Å². The summed E-state index contributed by atoms with van der Waals surface area (Å²) in [7, 11) is 1.82. The zero-order valence-electron chi connectivity index (χ0n) is 13.2. The van der Waals surface area contributed by atoms with E-state index in [-0.39, 0.29) is 0 Å². The van der Waals surface area contributed by atoms with Gasteiger partial charge in [0.2, 0.25) is 0 Å². The molecule has 1 aromatic heterocycles. The van der Waals surface area contributed by atoms with Gasteiger partial charge < -0.3 is 10.6 Å². The standard InChI is InChI=1S/C15H28N4S/c1-5-13-11-19-14(20-13)8-10-18-15(16-4)17-9-6-7-12(2)3/h11-12H,5-10H2,1-4H3,(H2,16,17,18). The van der Waals surface area contributed by atoms with E-state index in [1.165, 1.54) is 22.7 Å². The van der Waals surface area contributed by atoms with Crippen molar-refractivity contribution in [2.45, 2.75) is 46.5 Å². The summed E-state index contributed by atoms with van der Waals surface area (Å²) in [4.78, 5) is 10.0. The number of hydrogen-bond acceptors (Lipinski definition) is 3. The Bertz CT molecular complexity index is 398. The topological polar surface area (TPSA) is 49.3 Å². The van der Waals surface area contributed by atoms with Gasteiger partial charge >= 0.3 is 0 Å². The van der Waals surface area contributed by atoms with Crippen LogP contribution >= 0.6 is 11.3 Å². The monoisotopic (exact) mass is 296 g/mol. The van der Waals surface area contributed by atoms with Gasteiger partial charge in [0.25, 0.3) is 0 Å². The zero-order chi connectivity index (χ0) is 14.8. The second-order valence-electron chi connectivity index (χ2n) is 5.29. The molecule has 4 nitrogen and oxygen atoms in total. The summed E-state index contributed by atoms with van der Waals surface area (Å²) < 4.78 is 0. The van der Waals surface area contributed by atoms with E-state index < -0.39 is 0 Å². The van der Waals surface area contributed by atoms with Crippen molar-refractivity contribution in [2.75, 3.05) is 20.1 Å². The first-order valence-corrected chi connectivity index (χ1v) is 8.35. The third-order valence-corrected chi connectivity index (χ3v) is 4.26. The number of aliphatic imine (C=N–C) groups is 1. The van der Waals surface area contributed by atoms with Gasteiger partial charge in [-0.2, -0.15) is 0 Å². The third kappa shape index (κ3) is 6.89. The van der Waals surface area contributed by atoms with Crippen molar-refractivity contribution in [3.05, 3.63) is 16.1 Å². The minimum atomic E-state index is 0.768. The van der Waals surface area contributed by atoms with Crippen LogP contribution in [0.4, 0.5) is 0 Å². The number of aromatic nitrogens is 1. The van der Waals surface area contributed by atoms with Crippen LogP contribution in [0, 0.1) is 5.92 Å². The molecular weight excluding hydrogens is 268 g/mol. The predicted octanol–water partition coefficient (Wildman–Crippen LogP) is 2.85. The maximum atomic E-state index is 4.42. The number of aryl methyl sites for hydroxylation is 1. The minimum absolute atomic E-state index is 0.768. The summed E-state index contributed by atoms with van der Waals surface area (Å²) in [6.07, 6.45) is 6.45. The first kappa shape index (κ1) is 17.0. The Morgan fingerprint density at radius 3 is 2.70 bits per heavy atom. The lowest BCUT2D eigenvalue weighted by Crippen LogP contribution is -2.38. The predicted molar refractivity (Wildman–Crippen MR) is 88.6 cm³/mol. The number of nitrogens with one attached hydrogen (secondary N) is 2. The Labute approximate surface area is 127 Å². The van der Waals surface area contributed by atoms with Gasteiger partial charge in [-0.25, -0.2) is 4.98 Å². The van der Waals surface area contributed by atoms with E-state index in [0.717, 1.165) is 37.8 Å². The first-order chi connectivity index (χ1) is 9.65. The molecule has 0 fully saturated rings. The Hall–Kier alpha value is -1.10. The van der Waals surface area contributed by atoms with Crippen molar-refractivity contribution in [1.82, 2.24) is 15.6 Å². The number of guanidine groups is 1. The van der Waals surface area contributed by atoms with Crippen LogP contribution in [-0.2, 0) is 12.8 Å². The number of thiazole rings is 1. The van der Waals surface area contributed by atoms with Crippen LogP contribution in [0.25, 0.3) is 0 Å². The van der Waals surface area contributed by atoms with Crippen LogP contribution in [0.15, 0.2) is 11.2 Å². The fourth-order valence-corrected chi connectivity index (χ4v) is 2.71.